The van der Waals surface area contributed by atoms with Crippen molar-refractivity contribution >= 4 is 17.2 Å². The van der Waals surface area contributed by atoms with E-state index in [0.29, 0.717) is 23.4 Å². The second-order valence-corrected chi connectivity index (χ2v) is 6.70. The van der Waals surface area contributed by atoms with Crippen LogP contribution in [0.5, 0.6) is 5.75 Å². The molecular formula is C21H18N2O2S. The number of hydrogen-bond acceptors (Lipinski definition) is 4. The maximum absolute atomic E-state index is 12.3. The van der Waals surface area contributed by atoms with Crippen molar-refractivity contribution in [2.75, 3.05) is 6.54 Å². The maximum atomic E-state index is 12.3. The number of nitrogens with one attached hydrogen (secondary N) is 1. The number of nitrogens with zero attached hydrogens (tertiary/aromatic N) is 1. The van der Waals surface area contributed by atoms with E-state index in [9.17, 15) is 4.79 Å². The molecule has 3 aromatic rings. The molecule has 0 radical (unpaired) electrons. The SMILES string of the molecule is N#Cc1ccccc1COc1cccc(C(=O)NCCc2cccs2)c1. The quantitative estimate of drug-likeness (QED) is 0.686. The van der Waals surface area contributed by atoms with Gasteiger partial charge in [-0.1, -0.05) is 30.3 Å². The highest BCUT2D eigenvalue weighted by Crippen LogP contribution is 2.17. The molecule has 1 aromatic heterocycles. The van der Waals surface area contributed by atoms with Gasteiger partial charge < -0.3 is 10.1 Å². The zero-order chi connectivity index (χ0) is 18.2. The van der Waals surface area contributed by atoms with E-state index in [0.717, 1.165) is 12.0 Å². The van der Waals surface area contributed by atoms with Crippen LogP contribution < -0.4 is 10.1 Å². The summed E-state index contributed by atoms with van der Waals surface area (Å²) in [5.41, 5.74) is 1.97. The summed E-state index contributed by atoms with van der Waals surface area (Å²) in [7, 11) is 0. The summed E-state index contributed by atoms with van der Waals surface area (Å²) in [4.78, 5) is 13.5. The molecule has 0 aliphatic rings. The molecule has 0 aliphatic heterocycles. The molecule has 26 heavy (non-hydrogen) atoms. The number of benzene rings is 2. The average molecular weight is 362 g/mol. The van der Waals surface area contributed by atoms with Gasteiger partial charge in [0.25, 0.3) is 5.91 Å². The predicted octanol–water partition coefficient (Wildman–Crippen LogP) is 4.17. The van der Waals surface area contributed by atoms with Gasteiger partial charge in [-0.15, -0.1) is 11.3 Å². The molecule has 0 aliphatic carbocycles. The lowest BCUT2D eigenvalue weighted by atomic mass is 10.1. The van der Waals surface area contributed by atoms with E-state index >= 15 is 0 Å². The van der Waals surface area contributed by atoms with Gasteiger partial charge in [-0.05, 0) is 42.1 Å². The van der Waals surface area contributed by atoms with E-state index in [-0.39, 0.29) is 12.5 Å². The number of thiophene rings is 1. The van der Waals surface area contributed by atoms with Crippen molar-refractivity contribution in [1.29, 1.82) is 5.26 Å². The van der Waals surface area contributed by atoms with Gasteiger partial charge in [-0.2, -0.15) is 5.26 Å². The lowest BCUT2D eigenvalue weighted by molar-refractivity contribution is 0.0953. The molecule has 3 rings (SSSR count). The first-order chi connectivity index (χ1) is 12.8. The van der Waals surface area contributed by atoms with Crippen LogP contribution in [0.1, 0.15) is 26.4 Å². The average Bonchev–Trinajstić information content (AvgIpc) is 3.20. The number of nitriles is 1. The molecule has 130 valence electrons. The third-order valence-corrected chi connectivity index (χ3v) is 4.80. The smallest absolute Gasteiger partial charge is 0.251 e. The van der Waals surface area contributed by atoms with Crippen molar-refractivity contribution in [3.63, 3.8) is 0 Å². The Labute approximate surface area is 156 Å². The van der Waals surface area contributed by atoms with Crippen LogP contribution in [0.15, 0.2) is 66.0 Å². The lowest BCUT2D eigenvalue weighted by Crippen LogP contribution is -2.25. The van der Waals surface area contributed by atoms with Gasteiger partial charge >= 0.3 is 0 Å². The second-order valence-electron chi connectivity index (χ2n) is 5.67. The van der Waals surface area contributed by atoms with Crippen molar-refractivity contribution < 1.29 is 9.53 Å². The Kier molecular flexibility index (Phi) is 6.02. The first-order valence-corrected chi connectivity index (χ1v) is 9.15. The van der Waals surface area contributed by atoms with Crippen LogP contribution in [0.4, 0.5) is 0 Å². The van der Waals surface area contributed by atoms with Gasteiger partial charge in [-0.3, -0.25) is 4.79 Å². The molecule has 0 atom stereocenters. The zero-order valence-electron chi connectivity index (χ0n) is 14.1. The van der Waals surface area contributed by atoms with Crippen LogP contribution in [0, 0.1) is 11.3 Å². The van der Waals surface area contributed by atoms with E-state index in [4.69, 9.17) is 10.00 Å². The van der Waals surface area contributed by atoms with E-state index in [1.807, 2.05) is 29.6 Å². The molecule has 0 fully saturated rings. The molecule has 1 N–H and O–H groups in total. The predicted molar refractivity (Wildman–Crippen MR) is 102 cm³/mol. The molecule has 0 bridgehead atoms. The number of carbonyl (C=O) groups excluding carboxylic acids is 1. The Morgan fingerprint density at radius 2 is 2.00 bits per heavy atom. The lowest BCUT2D eigenvalue weighted by Gasteiger charge is -2.09. The fourth-order valence-electron chi connectivity index (χ4n) is 2.50. The first kappa shape index (κ1) is 17.7. The zero-order valence-corrected chi connectivity index (χ0v) is 15.0. The van der Waals surface area contributed by atoms with Gasteiger partial charge in [0.15, 0.2) is 0 Å². The van der Waals surface area contributed by atoms with Crippen LogP contribution in [0.2, 0.25) is 0 Å². The highest BCUT2D eigenvalue weighted by molar-refractivity contribution is 7.09. The van der Waals surface area contributed by atoms with E-state index < -0.39 is 0 Å². The Morgan fingerprint density at radius 3 is 2.81 bits per heavy atom. The Hall–Kier alpha value is -3.10. The highest BCUT2D eigenvalue weighted by atomic mass is 32.1. The monoisotopic (exact) mass is 362 g/mol. The van der Waals surface area contributed by atoms with Crippen molar-refractivity contribution in [2.45, 2.75) is 13.0 Å². The van der Waals surface area contributed by atoms with E-state index in [2.05, 4.69) is 17.5 Å². The number of hydrogen-bond donors (Lipinski definition) is 1. The van der Waals surface area contributed by atoms with Crippen LogP contribution in [0.3, 0.4) is 0 Å². The topological polar surface area (TPSA) is 62.1 Å². The molecule has 0 saturated heterocycles. The standard InChI is InChI=1S/C21H18N2O2S/c22-14-17-5-1-2-6-18(17)15-25-19-8-3-7-16(13-19)21(24)23-11-10-20-9-4-12-26-20/h1-9,12-13H,10-11,15H2,(H,23,24). The number of amides is 1. The Morgan fingerprint density at radius 1 is 1.12 bits per heavy atom. The van der Waals surface area contributed by atoms with Crippen LogP contribution >= 0.6 is 11.3 Å². The highest BCUT2D eigenvalue weighted by Gasteiger charge is 2.07. The number of rotatable bonds is 7. The molecular weight excluding hydrogens is 344 g/mol. The third kappa shape index (κ3) is 4.71. The summed E-state index contributed by atoms with van der Waals surface area (Å²) in [5, 5.41) is 14.1. The normalized spacial score (nSPS) is 10.1. The molecule has 5 heteroatoms. The second kappa shape index (κ2) is 8.84. The van der Waals surface area contributed by atoms with Gasteiger partial charge in [0, 0.05) is 22.5 Å². The number of ether oxygens (including phenoxy) is 1. The summed E-state index contributed by atoms with van der Waals surface area (Å²) in [6, 6.07) is 20.6. The summed E-state index contributed by atoms with van der Waals surface area (Å²) in [5.74, 6) is 0.480. The fraction of sp³-hybridized carbons (Fsp3) is 0.143. The van der Waals surface area contributed by atoms with Crippen molar-refractivity contribution in [1.82, 2.24) is 5.32 Å². The summed E-state index contributed by atoms with van der Waals surface area (Å²) in [6.07, 6.45) is 0.824. The number of carbonyl (C=O) groups is 1. The van der Waals surface area contributed by atoms with E-state index in [1.165, 1.54) is 4.88 Å². The van der Waals surface area contributed by atoms with Gasteiger partial charge in [0.2, 0.25) is 0 Å². The first-order valence-electron chi connectivity index (χ1n) is 8.28. The van der Waals surface area contributed by atoms with Gasteiger partial charge in [0.1, 0.15) is 12.4 Å². The molecule has 0 spiro atoms. The van der Waals surface area contributed by atoms with Crippen LogP contribution in [-0.2, 0) is 13.0 Å². The van der Waals surface area contributed by atoms with Crippen LogP contribution in [-0.4, -0.2) is 12.5 Å². The van der Waals surface area contributed by atoms with Crippen molar-refractivity contribution in [3.8, 4) is 11.8 Å². The maximum Gasteiger partial charge on any atom is 0.251 e. The van der Waals surface area contributed by atoms with Crippen molar-refractivity contribution in [3.05, 3.63) is 87.6 Å². The Balaban J connectivity index is 1.57. The van der Waals surface area contributed by atoms with Gasteiger partial charge in [0.05, 0.1) is 11.6 Å². The minimum Gasteiger partial charge on any atom is -0.489 e. The third-order valence-electron chi connectivity index (χ3n) is 3.87. The fourth-order valence-corrected chi connectivity index (χ4v) is 3.21. The summed E-state index contributed by atoms with van der Waals surface area (Å²) >= 11 is 1.69. The minimum atomic E-state index is -0.121. The van der Waals surface area contributed by atoms with Crippen LogP contribution in [0.25, 0.3) is 0 Å². The molecule has 1 amide bonds. The van der Waals surface area contributed by atoms with Crippen molar-refractivity contribution in [2.24, 2.45) is 0 Å². The van der Waals surface area contributed by atoms with Gasteiger partial charge in [-0.25, -0.2) is 0 Å². The molecule has 4 nitrogen and oxygen atoms in total. The minimum absolute atomic E-state index is 0.121. The molecule has 0 unspecified atom stereocenters. The molecule has 1 heterocycles. The summed E-state index contributed by atoms with van der Waals surface area (Å²) < 4.78 is 5.76. The Bertz CT molecular complexity index is 914. The summed E-state index contributed by atoms with van der Waals surface area (Å²) in [6.45, 7) is 0.882. The molecule has 2 aromatic carbocycles. The molecule has 0 saturated carbocycles. The largest absolute Gasteiger partial charge is 0.489 e. The van der Waals surface area contributed by atoms with E-state index in [1.54, 1.807) is 41.7 Å².